The van der Waals surface area contributed by atoms with E-state index in [1.54, 1.807) is 4.90 Å². The molecule has 1 unspecified atom stereocenters. The van der Waals surface area contributed by atoms with Crippen LogP contribution in [0.5, 0.6) is 0 Å². The van der Waals surface area contributed by atoms with E-state index in [1.807, 2.05) is 0 Å². The van der Waals surface area contributed by atoms with Gasteiger partial charge in [0.1, 0.15) is 6.10 Å². The zero-order chi connectivity index (χ0) is 19.5. The number of hydrogen-bond acceptors (Lipinski definition) is 3. The number of piperidine rings is 1. The first kappa shape index (κ1) is 7.99. The van der Waals surface area contributed by atoms with E-state index in [-0.39, 0.29) is 41.9 Å². The van der Waals surface area contributed by atoms with Crippen LogP contribution in [-0.4, -0.2) is 41.0 Å². The number of para-hydroxylation sites is 1. The number of hydrogen-bond donors (Lipinski definition) is 1. The number of H-pyrrole nitrogens is 1. The number of carbonyl (C=O) groups is 1. The molecule has 2 bridgehead atoms. The normalized spacial score (nSPS) is 33.6. The van der Waals surface area contributed by atoms with Gasteiger partial charge in [0, 0.05) is 46.1 Å². The van der Waals surface area contributed by atoms with Crippen LogP contribution in [0.1, 0.15) is 44.3 Å². The summed E-state index contributed by atoms with van der Waals surface area (Å²) in [6.07, 6.45) is 3.66. The lowest BCUT2D eigenvalue weighted by Gasteiger charge is -2.35. The Balaban J connectivity index is 1.54. The summed E-state index contributed by atoms with van der Waals surface area (Å²) >= 11 is 0. The number of aromatic amines is 1. The zero-order valence-electron chi connectivity index (χ0n) is 17.5. The molecule has 2 aromatic rings. The summed E-state index contributed by atoms with van der Waals surface area (Å²) in [5.41, 5.74) is 0.567. The van der Waals surface area contributed by atoms with E-state index < -0.39 is 12.9 Å². The first-order valence-corrected chi connectivity index (χ1v) is 7.24. The van der Waals surface area contributed by atoms with Gasteiger partial charge in [-0.3, -0.25) is 0 Å². The third-order valence-corrected chi connectivity index (χ3v) is 4.58. The number of esters is 1. The minimum atomic E-state index is -2.12. The van der Waals surface area contributed by atoms with Gasteiger partial charge in [-0.25, -0.2) is 4.79 Å². The van der Waals surface area contributed by atoms with Gasteiger partial charge in [-0.2, -0.15) is 0 Å². The Morgan fingerprint density at radius 2 is 2.24 bits per heavy atom. The monoisotopic (exact) mass is 290 g/mol. The summed E-state index contributed by atoms with van der Waals surface area (Å²) in [4.78, 5) is 17.1. The third-order valence-electron chi connectivity index (χ3n) is 4.58. The number of nitrogens with one attached hydrogen (secondary N) is 1. The predicted molar refractivity (Wildman–Crippen MR) is 81.3 cm³/mol. The Kier molecular flexibility index (Phi) is 1.86. The largest absolute Gasteiger partial charge is 0.459 e. The molecule has 2 aliphatic rings. The van der Waals surface area contributed by atoms with E-state index in [1.165, 1.54) is 12.3 Å². The molecule has 0 radical (unpaired) electrons. The van der Waals surface area contributed by atoms with E-state index >= 15 is 0 Å². The van der Waals surface area contributed by atoms with Crippen molar-refractivity contribution in [3.63, 3.8) is 0 Å². The fourth-order valence-corrected chi connectivity index (χ4v) is 3.50. The molecular weight excluding hydrogens is 264 g/mol. The fourth-order valence-electron chi connectivity index (χ4n) is 3.50. The van der Waals surface area contributed by atoms with Crippen LogP contribution in [0.15, 0.2) is 30.4 Å². The second-order valence-electron chi connectivity index (χ2n) is 5.82. The van der Waals surface area contributed by atoms with E-state index in [4.69, 9.17) is 13.0 Å². The molecule has 4 rings (SSSR count). The molecule has 4 heteroatoms. The molecule has 110 valence electrons. The Bertz CT molecular complexity index is 895. The van der Waals surface area contributed by atoms with Crippen molar-refractivity contribution in [1.82, 2.24) is 9.88 Å². The van der Waals surface area contributed by atoms with Crippen molar-refractivity contribution in [3.05, 3.63) is 36.0 Å². The van der Waals surface area contributed by atoms with Crippen molar-refractivity contribution in [3.8, 4) is 0 Å². The van der Waals surface area contributed by atoms with Crippen LogP contribution in [0.4, 0.5) is 0 Å². The van der Waals surface area contributed by atoms with Crippen LogP contribution < -0.4 is 0 Å². The third kappa shape index (κ3) is 2.14. The van der Waals surface area contributed by atoms with Crippen LogP contribution >= 0.6 is 0 Å². The summed E-state index contributed by atoms with van der Waals surface area (Å²) < 4.78 is 52.2. The molecule has 3 atom stereocenters. The van der Waals surface area contributed by atoms with Crippen LogP contribution in [0.2, 0.25) is 0 Å². The van der Waals surface area contributed by atoms with Crippen molar-refractivity contribution in [2.45, 2.75) is 43.9 Å². The first-order valence-electron chi connectivity index (χ1n) is 10.2. The van der Waals surface area contributed by atoms with Crippen LogP contribution in [-0.2, 0) is 4.74 Å². The minimum Gasteiger partial charge on any atom is -0.459 e. The van der Waals surface area contributed by atoms with Gasteiger partial charge in [0.05, 0.1) is 9.68 Å². The topological polar surface area (TPSA) is 45.3 Å². The SMILES string of the molecule is [2H]c1cc2c(C(=O)OC3C[C@H]4CC[C@@H](C3)N4C([2H])([2H])[2H])c[nH]c2c([2H])c1[2H]. The van der Waals surface area contributed by atoms with Gasteiger partial charge in [0.25, 0.3) is 0 Å². The molecule has 1 aromatic carbocycles. The van der Waals surface area contributed by atoms with E-state index in [0.29, 0.717) is 23.7 Å². The molecule has 4 nitrogen and oxygen atoms in total. The van der Waals surface area contributed by atoms with Crippen LogP contribution in [0.3, 0.4) is 0 Å². The smallest absolute Gasteiger partial charge is 0.340 e. The number of benzene rings is 1. The molecule has 0 saturated carbocycles. The van der Waals surface area contributed by atoms with Crippen molar-refractivity contribution in [1.29, 1.82) is 0 Å². The van der Waals surface area contributed by atoms with E-state index in [0.717, 1.165) is 12.8 Å². The summed E-state index contributed by atoms with van der Waals surface area (Å²) in [5, 5.41) is 0.397. The molecule has 0 amide bonds. The standard InChI is InChI=1S/C17H20N2O2/c1-19-11-6-7-12(19)9-13(8-11)21-17(20)15-10-18-16-5-3-2-4-14(15)16/h2-5,10-13,18H,6-9H2,1H3/t11-,12+,13?/i1D3,2D,3D,5D. The van der Waals surface area contributed by atoms with Gasteiger partial charge in [0.2, 0.25) is 0 Å². The molecule has 2 aliphatic heterocycles. The van der Waals surface area contributed by atoms with Gasteiger partial charge < -0.3 is 14.6 Å². The molecule has 0 spiro atoms. The Morgan fingerprint density at radius 3 is 3.00 bits per heavy atom. The highest BCUT2D eigenvalue weighted by Gasteiger charge is 2.40. The Labute approximate surface area is 132 Å². The summed E-state index contributed by atoms with van der Waals surface area (Å²) in [6, 6.07) is 0.734. The van der Waals surface area contributed by atoms with Gasteiger partial charge in [0.15, 0.2) is 0 Å². The first-order chi connectivity index (χ1) is 12.7. The van der Waals surface area contributed by atoms with Gasteiger partial charge in [-0.05, 0) is 25.9 Å². The predicted octanol–water partition coefficient (Wildman–Crippen LogP) is 2.95. The average molecular weight is 290 g/mol. The minimum absolute atomic E-state index is 0.109. The van der Waals surface area contributed by atoms with Crippen molar-refractivity contribution in [2.24, 2.45) is 0 Å². The van der Waals surface area contributed by atoms with Gasteiger partial charge in [-0.1, -0.05) is 18.2 Å². The zero-order valence-corrected chi connectivity index (χ0v) is 11.5. The number of fused-ring (bicyclic) bond motifs is 3. The van der Waals surface area contributed by atoms with Crippen molar-refractivity contribution in [2.75, 3.05) is 6.98 Å². The lowest BCUT2D eigenvalue weighted by Crippen LogP contribution is -2.43. The summed E-state index contributed by atoms with van der Waals surface area (Å²) in [5.74, 6) is -0.551. The number of ether oxygens (including phenoxy) is 1. The molecule has 2 fully saturated rings. The molecule has 0 aliphatic carbocycles. The van der Waals surface area contributed by atoms with E-state index in [2.05, 4.69) is 4.98 Å². The Hall–Kier alpha value is -1.81. The molecule has 1 aromatic heterocycles. The quantitative estimate of drug-likeness (QED) is 0.865. The fraction of sp³-hybridized carbons (Fsp3) is 0.471. The number of carbonyl (C=O) groups excluding carboxylic acids is 1. The molecule has 1 N–H and O–H groups in total. The lowest BCUT2D eigenvalue weighted by atomic mass is 10.0. The number of aromatic nitrogens is 1. The second-order valence-corrected chi connectivity index (χ2v) is 5.82. The average Bonchev–Trinajstić information content (AvgIpc) is 3.12. The molecule has 3 heterocycles. The lowest BCUT2D eigenvalue weighted by molar-refractivity contribution is -0.000258. The Morgan fingerprint density at radius 1 is 1.43 bits per heavy atom. The summed E-state index contributed by atoms with van der Waals surface area (Å²) in [6.45, 7) is -2.12. The highest BCUT2D eigenvalue weighted by molar-refractivity contribution is 6.04. The molecule has 21 heavy (non-hydrogen) atoms. The number of rotatable bonds is 2. The maximum absolute atomic E-state index is 12.7. The highest BCUT2D eigenvalue weighted by atomic mass is 16.5. The van der Waals surface area contributed by atoms with Crippen LogP contribution in [0, 0.1) is 0 Å². The van der Waals surface area contributed by atoms with Crippen molar-refractivity contribution >= 4 is 16.9 Å². The molecular formula is C17H20N2O2. The van der Waals surface area contributed by atoms with Gasteiger partial charge in [-0.15, -0.1) is 0 Å². The maximum Gasteiger partial charge on any atom is 0.340 e. The van der Waals surface area contributed by atoms with Crippen LogP contribution in [0.25, 0.3) is 10.9 Å². The second kappa shape index (κ2) is 4.88. The summed E-state index contributed by atoms with van der Waals surface area (Å²) in [7, 11) is 0. The maximum atomic E-state index is 12.7. The van der Waals surface area contributed by atoms with E-state index in [9.17, 15) is 4.79 Å². The van der Waals surface area contributed by atoms with Crippen molar-refractivity contribution < 1.29 is 17.8 Å². The van der Waals surface area contributed by atoms with Gasteiger partial charge >= 0.3 is 5.97 Å². The number of nitrogens with zero attached hydrogens (tertiary/aromatic N) is 1. The molecule has 2 saturated heterocycles. The highest BCUT2D eigenvalue weighted by Crippen LogP contribution is 2.35.